The first kappa shape index (κ1) is 12.6. The topological polar surface area (TPSA) is 74.5 Å². The van der Waals surface area contributed by atoms with Gasteiger partial charge in [-0.25, -0.2) is 4.79 Å². The standard InChI is InChI=1S/C10H16N2O4/c1-5-14-8(13)7-11-9(12-16-7)10(3,4)15-6-2/h5-6H2,1-4H3. The zero-order valence-corrected chi connectivity index (χ0v) is 9.94. The molecule has 6 heteroatoms. The molecule has 0 atom stereocenters. The number of ether oxygens (including phenoxy) is 2. The van der Waals surface area contributed by atoms with Gasteiger partial charge in [0, 0.05) is 6.61 Å². The highest BCUT2D eigenvalue weighted by molar-refractivity contribution is 5.83. The second-order valence-electron chi connectivity index (χ2n) is 3.59. The summed E-state index contributed by atoms with van der Waals surface area (Å²) in [6, 6.07) is 0. The minimum atomic E-state index is -0.678. The van der Waals surface area contributed by atoms with Crippen molar-refractivity contribution < 1.29 is 18.8 Å². The van der Waals surface area contributed by atoms with E-state index in [1.54, 1.807) is 20.8 Å². The SMILES string of the molecule is CCOC(=O)c1nc(C(C)(C)OCC)no1. The summed E-state index contributed by atoms with van der Waals surface area (Å²) in [5.41, 5.74) is -0.678. The second-order valence-corrected chi connectivity index (χ2v) is 3.59. The molecule has 0 saturated carbocycles. The molecule has 16 heavy (non-hydrogen) atoms. The lowest BCUT2D eigenvalue weighted by Gasteiger charge is -2.19. The van der Waals surface area contributed by atoms with Gasteiger partial charge >= 0.3 is 11.9 Å². The average molecular weight is 228 g/mol. The number of aromatic nitrogens is 2. The number of carbonyl (C=O) groups is 1. The van der Waals surface area contributed by atoms with Crippen molar-refractivity contribution in [3.05, 3.63) is 11.7 Å². The number of rotatable bonds is 5. The molecule has 1 aromatic heterocycles. The van der Waals surface area contributed by atoms with E-state index in [1.807, 2.05) is 6.92 Å². The normalized spacial score (nSPS) is 11.5. The summed E-state index contributed by atoms with van der Waals surface area (Å²) in [4.78, 5) is 15.2. The number of hydrogen-bond donors (Lipinski definition) is 0. The van der Waals surface area contributed by atoms with Crippen LogP contribution in [0.4, 0.5) is 0 Å². The minimum absolute atomic E-state index is 0.148. The molecular formula is C10H16N2O4. The van der Waals surface area contributed by atoms with Gasteiger partial charge in [-0.2, -0.15) is 4.98 Å². The van der Waals surface area contributed by atoms with Gasteiger partial charge < -0.3 is 14.0 Å². The number of hydrogen-bond acceptors (Lipinski definition) is 6. The Morgan fingerprint density at radius 1 is 1.38 bits per heavy atom. The van der Waals surface area contributed by atoms with Crippen molar-refractivity contribution in [3.8, 4) is 0 Å². The van der Waals surface area contributed by atoms with E-state index in [9.17, 15) is 4.79 Å². The van der Waals surface area contributed by atoms with Crippen molar-refractivity contribution in [2.24, 2.45) is 0 Å². The summed E-state index contributed by atoms with van der Waals surface area (Å²) in [5, 5.41) is 3.70. The minimum Gasteiger partial charge on any atom is -0.459 e. The Bertz CT molecular complexity index is 359. The largest absolute Gasteiger partial charge is 0.459 e. The Hall–Kier alpha value is -1.43. The van der Waals surface area contributed by atoms with Crippen molar-refractivity contribution in [2.75, 3.05) is 13.2 Å². The van der Waals surface area contributed by atoms with E-state index >= 15 is 0 Å². The summed E-state index contributed by atoms with van der Waals surface area (Å²) in [6.07, 6.45) is 0. The molecule has 1 aromatic rings. The Labute approximate surface area is 93.9 Å². The van der Waals surface area contributed by atoms with E-state index in [4.69, 9.17) is 14.0 Å². The van der Waals surface area contributed by atoms with Crippen LogP contribution in [0.2, 0.25) is 0 Å². The van der Waals surface area contributed by atoms with Gasteiger partial charge in [-0.1, -0.05) is 5.16 Å². The second kappa shape index (κ2) is 5.07. The summed E-state index contributed by atoms with van der Waals surface area (Å²) < 4.78 is 15.0. The number of esters is 1. The highest BCUT2D eigenvalue weighted by atomic mass is 16.6. The molecule has 0 spiro atoms. The van der Waals surface area contributed by atoms with E-state index in [-0.39, 0.29) is 12.5 Å². The fourth-order valence-electron chi connectivity index (χ4n) is 1.17. The van der Waals surface area contributed by atoms with Crippen LogP contribution in [0, 0.1) is 0 Å². The Morgan fingerprint density at radius 3 is 2.62 bits per heavy atom. The van der Waals surface area contributed by atoms with E-state index in [0.29, 0.717) is 12.4 Å². The van der Waals surface area contributed by atoms with Gasteiger partial charge in [0.15, 0.2) is 0 Å². The first-order chi connectivity index (χ1) is 7.51. The van der Waals surface area contributed by atoms with Gasteiger partial charge in [0.2, 0.25) is 5.82 Å². The fraction of sp³-hybridized carbons (Fsp3) is 0.700. The van der Waals surface area contributed by atoms with Crippen LogP contribution in [0.15, 0.2) is 4.52 Å². The third-order valence-corrected chi connectivity index (χ3v) is 1.92. The summed E-state index contributed by atoms with van der Waals surface area (Å²) in [6.45, 7) is 7.97. The van der Waals surface area contributed by atoms with Gasteiger partial charge in [-0.05, 0) is 27.7 Å². The summed E-state index contributed by atoms with van der Waals surface area (Å²) in [7, 11) is 0. The smallest absolute Gasteiger partial charge is 0.397 e. The van der Waals surface area contributed by atoms with Crippen LogP contribution in [0.1, 0.15) is 44.2 Å². The zero-order chi connectivity index (χ0) is 12.2. The molecule has 1 rings (SSSR count). The van der Waals surface area contributed by atoms with Crippen molar-refractivity contribution in [3.63, 3.8) is 0 Å². The zero-order valence-electron chi connectivity index (χ0n) is 9.94. The highest BCUT2D eigenvalue weighted by Crippen LogP contribution is 2.21. The lowest BCUT2D eigenvalue weighted by molar-refractivity contribution is -0.0221. The van der Waals surface area contributed by atoms with Crippen LogP contribution in [0.25, 0.3) is 0 Å². The van der Waals surface area contributed by atoms with E-state index in [2.05, 4.69) is 10.1 Å². The van der Waals surface area contributed by atoms with Crippen LogP contribution in [-0.2, 0) is 15.1 Å². The lowest BCUT2D eigenvalue weighted by atomic mass is 10.1. The van der Waals surface area contributed by atoms with E-state index in [0.717, 1.165) is 0 Å². The molecule has 0 aliphatic carbocycles. The lowest BCUT2D eigenvalue weighted by Crippen LogP contribution is -2.23. The highest BCUT2D eigenvalue weighted by Gasteiger charge is 2.29. The van der Waals surface area contributed by atoms with Crippen LogP contribution in [-0.4, -0.2) is 29.3 Å². The molecule has 0 radical (unpaired) electrons. The predicted octanol–water partition coefficient (Wildman–Crippen LogP) is 1.52. The molecular weight excluding hydrogens is 212 g/mol. The molecule has 0 fully saturated rings. The van der Waals surface area contributed by atoms with E-state index in [1.165, 1.54) is 0 Å². The van der Waals surface area contributed by atoms with Gasteiger partial charge in [0.1, 0.15) is 5.60 Å². The Morgan fingerprint density at radius 2 is 2.06 bits per heavy atom. The maximum Gasteiger partial charge on any atom is 0.397 e. The molecule has 0 saturated heterocycles. The van der Waals surface area contributed by atoms with Gasteiger partial charge in [-0.15, -0.1) is 0 Å². The van der Waals surface area contributed by atoms with Crippen molar-refractivity contribution >= 4 is 5.97 Å². The third kappa shape index (κ3) is 2.79. The fourth-order valence-corrected chi connectivity index (χ4v) is 1.17. The molecule has 0 N–H and O–H groups in total. The van der Waals surface area contributed by atoms with E-state index < -0.39 is 11.6 Å². The number of nitrogens with zero attached hydrogens (tertiary/aromatic N) is 2. The van der Waals surface area contributed by atoms with Crippen LogP contribution < -0.4 is 0 Å². The molecule has 0 aliphatic heterocycles. The monoisotopic (exact) mass is 228 g/mol. The van der Waals surface area contributed by atoms with Gasteiger partial charge in [0.05, 0.1) is 6.61 Å². The molecule has 0 bridgehead atoms. The van der Waals surface area contributed by atoms with Crippen LogP contribution in [0.5, 0.6) is 0 Å². The molecule has 0 unspecified atom stereocenters. The molecule has 90 valence electrons. The maximum atomic E-state index is 11.3. The summed E-state index contributed by atoms with van der Waals surface area (Å²) >= 11 is 0. The van der Waals surface area contributed by atoms with Crippen molar-refractivity contribution in [1.82, 2.24) is 10.1 Å². The van der Waals surface area contributed by atoms with Crippen LogP contribution >= 0.6 is 0 Å². The number of carbonyl (C=O) groups excluding carboxylic acids is 1. The quantitative estimate of drug-likeness (QED) is 0.711. The molecule has 0 amide bonds. The third-order valence-electron chi connectivity index (χ3n) is 1.92. The molecule has 1 heterocycles. The van der Waals surface area contributed by atoms with Crippen molar-refractivity contribution in [1.29, 1.82) is 0 Å². The molecule has 0 aliphatic rings. The van der Waals surface area contributed by atoms with Gasteiger partial charge in [-0.3, -0.25) is 0 Å². The van der Waals surface area contributed by atoms with Crippen molar-refractivity contribution in [2.45, 2.75) is 33.3 Å². The predicted molar refractivity (Wildman–Crippen MR) is 54.9 cm³/mol. The summed E-state index contributed by atoms with van der Waals surface area (Å²) in [5.74, 6) is -0.435. The Balaban J connectivity index is 2.82. The first-order valence-electron chi connectivity index (χ1n) is 5.16. The maximum absolute atomic E-state index is 11.3. The molecule has 6 nitrogen and oxygen atoms in total. The molecule has 0 aromatic carbocycles. The average Bonchev–Trinajstić information content (AvgIpc) is 2.67. The van der Waals surface area contributed by atoms with Gasteiger partial charge in [0.25, 0.3) is 0 Å². The van der Waals surface area contributed by atoms with Crippen LogP contribution in [0.3, 0.4) is 0 Å². The first-order valence-corrected chi connectivity index (χ1v) is 5.16. The Kier molecular flexibility index (Phi) is 4.00.